The number of aromatic nitrogens is 4. The summed E-state index contributed by atoms with van der Waals surface area (Å²) < 4.78 is 37.4. The number of nitrogens with zero attached hydrogens (tertiary/aromatic N) is 4. The van der Waals surface area contributed by atoms with E-state index < -0.39 is 17.6 Å². The Hall–Kier alpha value is -1.35. The van der Waals surface area contributed by atoms with Gasteiger partial charge in [-0.2, -0.15) is 0 Å². The maximum absolute atomic E-state index is 7.07. The molecule has 224 valence electrons. The zero-order valence-electron chi connectivity index (χ0n) is 25.3. The Morgan fingerprint density at radius 1 is 0.590 bits per heavy atom. The Bertz CT molecular complexity index is 761. The molecule has 2 atom stereocenters. The van der Waals surface area contributed by atoms with Crippen LogP contribution in [0.25, 0.3) is 0 Å². The van der Waals surface area contributed by atoms with Crippen LogP contribution < -0.4 is 0 Å². The van der Waals surface area contributed by atoms with E-state index in [9.17, 15) is 0 Å². The van der Waals surface area contributed by atoms with Crippen LogP contribution in [-0.2, 0) is 21.8 Å². The van der Waals surface area contributed by atoms with Crippen molar-refractivity contribution >= 4 is 17.6 Å². The summed E-state index contributed by atoms with van der Waals surface area (Å²) in [5, 5.41) is 0. The van der Waals surface area contributed by atoms with Crippen molar-refractivity contribution in [2.45, 2.75) is 117 Å². The van der Waals surface area contributed by atoms with Crippen molar-refractivity contribution in [1.29, 1.82) is 0 Å². The van der Waals surface area contributed by atoms with E-state index >= 15 is 0 Å². The second-order valence-electron chi connectivity index (χ2n) is 9.89. The molecule has 0 saturated carbocycles. The van der Waals surface area contributed by atoms with Gasteiger partial charge in [-0.15, -0.1) is 0 Å². The van der Waals surface area contributed by atoms with Gasteiger partial charge in [-0.1, -0.05) is 39.5 Å². The summed E-state index contributed by atoms with van der Waals surface area (Å²) in [5.41, 5.74) is 0. The standard InChI is InChI=1S/C28H54N4O5Si2/c1-7-13-15-27(31-21-19-29-25-31)17-23-38(33-9-3,34-10-4)37-39(35-11-5,36-12-6)24-18-28(16-14-8-2)32-22-20-30-26-32/h19-22,25-28H,7-18,23-24H2,1-6H3. The van der Waals surface area contributed by atoms with Crippen molar-refractivity contribution in [2.75, 3.05) is 26.4 Å². The van der Waals surface area contributed by atoms with E-state index in [2.05, 4.69) is 45.3 Å². The molecule has 9 nitrogen and oxygen atoms in total. The summed E-state index contributed by atoms with van der Waals surface area (Å²) in [7, 11) is -6.25. The van der Waals surface area contributed by atoms with Crippen LogP contribution in [0.2, 0.25) is 12.1 Å². The lowest BCUT2D eigenvalue weighted by Gasteiger charge is -2.39. The molecule has 0 saturated heterocycles. The fourth-order valence-electron chi connectivity index (χ4n) is 5.13. The number of rotatable bonds is 24. The number of unbranched alkanes of at least 4 members (excludes halogenated alkanes) is 2. The van der Waals surface area contributed by atoms with Crippen LogP contribution in [-0.4, -0.2) is 63.1 Å². The Balaban J connectivity index is 2.32. The second-order valence-corrected chi connectivity index (χ2v) is 15.6. The summed E-state index contributed by atoms with van der Waals surface area (Å²) in [6.45, 7) is 14.6. The molecule has 0 spiro atoms. The van der Waals surface area contributed by atoms with Gasteiger partial charge in [0.15, 0.2) is 0 Å². The molecule has 0 aliphatic rings. The van der Waals surface area contributed by atoms with Crippen LogP contribution in [0.1, 0.15) is 105 Å². The Morgan fingerprint density at radius 3 is 1.26 bits per heavy atom. The first kappa shape index (κ1) is 33.9. The molecule has 0 bridgehead atoms. The van der Waals surface area contributed by atoms with E-state index in [1.165, 1.54) is 0 Å². The molecule has 11 heteroatoms. The zero-order valence-corrected chi connectivity index (χ0v) is 27.3. The highest BCUT2D eigenvalue weighted by atomic mass is 28.5. The average molecular weight is 583 g/mol. The SMILES string of the molecule is CCCCC(CC[Si](OCC)(OCC)O[Si](CCC(CCCC)n1ccnc1)(OCC)OCC)n1ccnc1. The van der Waals surface area contributed by atoms with Gasteiger partial charge in [-0.3, -0.25) is 0 Å². The summed E-state index contributed by atoms with van der Waals surface area (Å²) >= 11 is 0. The first-order valence-corrected chi connectivity index (χ1v) is 19.1. The van der Waals surface area contributed by atoms with Gasteiger partial charge in [-0.25, -0.2) is 9.97 Å². The molecule has 0 aromatic carbocycles. The molecule has 2 aromatic rings. The second kappa shape index (κ2) is 18.9. The third-order valence-corrected chi connectivity index (χ3v) is 14.2. The fraction of sp³-hybridized carbons (Fsp3) is 0.786. The van der Waals surface area contributed by atoms with Crippen LogP contribution in [0.4, 0.5) is 0 Å². The predicted molar refractivity (Wildman–Crippen MR) is 160 cm³/mol. The quantitative estimate of drug-likeness (QED) is 0.123. The number of hydrogen-bond acceptors (Lipinski definition) is 7. The van der Waals surface area contributed by atoms with E-state index in [0.29, 0.717) is 50.6 Å². The van der Waals surface area contributed by atoms with Crippen LogP contribution in [0.3, 0.4) is 0 Å². The summed E-state index contributed by atoms with van der Waals surface area (Å²) in [6.07, 6.45) is 20.2. The molecule has 0 radical (unpaired) electrons. The van der Waals surface area contributed by atoms with E-state index in [1.807, 2.05) is 52.7 Å². The van der Waals surface area contributed by atoms with Crippen molar-refractivity contribution in [3.8, 4) is 0 Å². The zero-order chi connectivity index (χ0) is 28.4. The molecule has 0 amide bonds. The van der Waals surface area contributed by atoms with Crippen molar-refractivity contribution in [3.63, 3.8) is 0 Å². The molecule has 2 rings (SSSR count). The van der Waals surface area contributed by atoms with Gasteiger partial charge in [0.1, 0.15) is 0 Å². The lowest BCUT2D eigenvalue weighted by molar-refractivity contribution is 0.0474. The first-order chi connectivity index (χ1) is 19.0. The van der Waals surface area contributed by atoms with Gasteiger partial charge in [-0.05, 0) is 53.4 Å². The van der Waals surface area contributed by atoms with E-state index in [-0.39, 0.29) is 0 Å². The lowest BCUT2D eigenvalue weighted by atomic mass is 10.1. The predicted octanol–water partition coefficient (Wildman–Crippen LogP) is 7.06. The van der Waals surface area contributed by atoms with E-state index in [1.54, 1.807) is 0 Å². The van der Waals surface area contributed by atoms with Gasteiger partial charge in [0.2, 0.25) is 0 Å². The average Bonchev–Trinajstić information content (AvgIpc) is 3.65. The van der Waals surface area contributed by atoms with E-state index in [0.717, 1.165) is 51.4 Å². The molecule has 0 aliphatic heterocycles. The lowest BCUT2D eigenvalue weighted by Crippen LogP contribution is -2.59. The number of hydrogen-bond donors (Lipinski definition) is 0. The molecule has 0 aliphatic carbocycles. The van der Waals surface area contributed by atoms with Crippen molar-refractivity contribution in [3.05, 3.63) is 37.4 Å². The summed E-state index contributed by atoms with van der Waals surface area (Å²) in [6, 6.07) is 2.05. The maximum Gasteiger partial charge on any atom is 0.493 e. The van der Waals surface area contributed by atoms with Gasteiger partial charge in [0.05, 0.1) is 12.7 Å². The minimum Gasteiger partial charge on any atom is -0.374 e. The Kier molecular flexibility index (Phi) is 16.4. The van der Waals surface area contributed by atoms with Crippen molar-refractivity contribution in [1.82, 2.24) is 19.1 Å². The smallest absolute Gasteiger partial charge is 0.374 e. The van der Waals surface area contributed by atoms with Crippen molar-refractivity contribution < 1.29 is 21.8 Å². The first-order valence-electron chi connectivity index (χ1n) is 15.2. The van der Waals surface area contributed by atoms with E-state index in [4.69, 9.17) is 21.8 Å². The summed E-state index contributed by atoms with van der Waals surface area (Å²) in [5.74, 6) is 0. The summed E-state index contributed by atoms with van der Waals surface area (Å²) in [4.78, 5) is 8.60. The highest BCUT2D eigenvalue weighted by molar-refractivity contribution is 6.75. The molecule has 0 N–H and O–H groups in total. The Morgan fingerprint density at radius 2 is 0.974 bits per heavy atom. The molecule has 2 unspecified atom stereocenters. The van der Waals surface area contributed by atoms with Gasteiger partial charge < -0.3 is 31.0 Å². The fourth-order valence-corrected chi connectivity index (χ4v) is 12.7. The highest BCUT2D eigenvalue weighted by Gasteiger charge is 2.53. The molecular formula is C28H54N4O5Si2. The molecule has 2 aromatic heterocycles. The third-order valence-electron chi connectivity index (χ3n) is 7.01. The van der Waals surface area contributed by atoms with Crippen LogP contribution in [0, 0.1) is 0 Å². The van der Waals surface area contributed by atoms with Crippen molar-refractivity contribution in [2.24, 2.45) is 0 Å². The van der Waals surface area contributed by atoms with Crippen LogP contribution in [0.15, 0.2) is 37.4 Å². The maximum atomic E-state index is 7.07. The molecule has 39 heavy (non-hydrogen) atoms. The number of imidazole rings is 2. The molecule has 0 fully saturated rings. The minimum atomic E-state index is -3.12. The van der Waals surface area contributed by atoms with Crippen LogP contribution in [0.5, 0.6) is 0 Å². The topological polar surface area (TPSA) is 81.8 Å². The molecule has 2 heterocycles. The normalized spacial score (nSPS) is 14.1. The minimum absolute atomic E-state index is 0.318. The monoisotopic (exact) mass is 582 g/mol. The van der Waals surface area contributed by atoms with Gasteiger partial charge in [0.25, 0.3) is 0 Å². The van der Waals surface area contributed by atoms with Crippen LogP contribution >= 0.6 is 0 Å². The van der Waals surface area contributed by atoms with Gasteiger partial charge in [0, 0.05) is 75.4 Å². The highest BCUT2D eigenvalue weighted by Crippen LogP contribution is 2.34. The Labute approximate surface area is 239 Å². The van der Waals surface area contributed by atoms with Gasteiger partial charge >= 0.3 is 17.6 Å². The largest absolute Gasteiger partial charge is 0.493 e. The third kappa shape index (κ3) is 11.2. The molecular weight excluding hydrogens is 529 g/mol.